The monoisotopic (exact) mass is 278 g/mol. The fourth-order valence-corrected chi connectivity index (χ4v) is 2.01. The maximum absolute atomic E-state index is 5.27. The summed E-state index contributed by atoms with van der Waals surface area (Å²) in [4.78, 5) is 0. The summed E-state index contributed by atoms with van der Waals surface area (Å²) in [6, 6.07) is 8.23. The molecule has 104 valence electrons. The van der Waals surface area contributed by atoms with Gasteiger partial charge in [0.15, 0.2) is 5.11 Å². The van der Waals surface area contributed by atoms with Gasteiger partial charge in [-0.15, -0.1) is 6.58 Å². The smallest absolute Gasteiger partial charge is 0.167 e. The number of ether oxygens (including phenoxy) is 1. The van der Waals surface area contributed by atoms with Crippen LogP contribution < -0.4 is 15.4 Å². The summed E-state index contributed by atoms with van der Waals surface area (Å²) in [5.41, 5.74) is 1.19. The Hall–Kier alpha value is -1.55. The zero-order chi connectivity index (χ0) is 14.3. The zero-order valence-electron chi connectivity index (χ0n) is 11.8. The van der Waals surface area contributed by atoms with Crippen molar-refractivity contribution >= 4 is 17.3 Å². The second kappa shape index (κ2) is 7.79. The van der Waals surface area contributed by atoms with Crippen LogP contribution in [-0.2, 0) is 0 Å². The molecular formula is C15H22N2OS. The molecule has 0 aliphatic carbocycles. The first-order valence-electron chi connectivity index (χ1n) is 6.37. The van der Waals surface area contributed by atoms with Crippen LogP contribution in [-0.4, -0.2) is 18.8 Å². The van der Waals surface area contributed by atoms with Crippen LogP contribution >= 0.6 is 12.2 Å². The molecule has 0 fully saturated rings. The van der Waals surface area contributed by atoms with E-state index < -0.39 is 0 Å². The number of nitrogens with one attached hydrogen (secondary N) is 2. The van der Waals surface area contributed by atoms with Gasteiger partial charge in [0.2, 0.25) is 0 Å². The number of hydrogen-bond acceptors (Lipinski definition) is 2. The van der Waals surface area contributed by atoms with Gasteiger partial charge in [0.1, 0.15) is 5.75 Å². The lowest BCUT2D eigenvalue weighted by Gasteiger charge is -2.24. The van der Waals surface area contributed by atoms with Gasteiger partial charge in [-0.2, -0.15) is 0 Å². The molecule has 4 heteroatoms. The van der Waals surface area contributed by atoms with Crippen LogP contribution in [0.4, 0.5) is 0 Å². The fourth-order valence-electron chi connectivity index (χ4n) is 1.80. The Morgan fingerprint density at radius 1 is 1.37 bits per heavy atom. The zero-order valence-corrected chi connectivity index (χ0v) is 12.6. The Morgan fingerprint density at radius 2 is 2.00 bits per heavy atom. The summed E-state index contributed by atoms with van der Waals surface area (Å²) in [6.45, 7) is 8.66. The summed E-state index contributed by atoms with van der Waals surface area (Å²) in [6.07, 6.45) is 1.78. The van der Waals surface area contributed by atoms with Gasteiger partial charge < -0.3 is 15.4 Å². The van der Waals surface area contributed by atoms with E-state index in [1.54, 1.807) is 13.2 Å². The molecule has 1 rings (SSSR count). The first-order chi connectivity index (χ1) is 9.08. The minimum absolute atomic E-state index is 0.177. The molecule has 1 aromatic rings. The molecule has 0 bridgehead atoms. The number of hydrogen-bond donors (Lipinski definition) is 2. The highest BCUT2D eigenvalue weighted by atomic mass is 32.1. The van der Waals surface area contributed by atoms with Gasteiger partial charge in [0, 0.05) is 6.54 Å². The lowest BCUT2D eigenvalue weighted by atomic mass is 9.96. The molecule has 0 unspecified atom stereocenters. The SMILES string of the molecule is C=CCNC(=S)N[C@@H](c1ccc(OC)cc1)C(C)C. The quantitative estimate of drug-likeness (QED) is 0.619. The highest BCUT2D eigenvalue weighted by Gasteiger charge is 2.16. The lowest BCUT2D eigenvalue weighted by molar-refractivity contribution is 0.413. The van der Waals surface area contributed by atoms with Gasteiger partial charge in [-0.25, -0.2) is 0 Å². The molecule has 19 heavy (non-hydrogen) atoms. The average Bonchev–Trinajstić information content (AvgIpc) is 2.42. The molecule has 0 aliphatic heterocycles. The van der Waals surface area contributed by atoms with Gasteiger partial charge in [-0.05, 0) is 35.8 Å². The van der Waals surface area contributed by atoms with Crippen molar-refractivity contribution in [3.8, 4) is 5.75 Å². The number of thiocarbonyl (C=S) groups is 1. The van der Waals surface area contributed by atoms with E-state index in [0.29, 0.717) is 17.6 Å². The largest absolute Gasteiger partial charge is 0.497 e. The molecule has 0 aliphatic rings. The summed E-state index contributed by atoms with van der Waals surface area (Å²) < 4.78 is 5.17. The Bertz CT molecular complexity index is 415. The van der Waals surface area contributed by atoms with Gasteiger partial charge in [0.05, 0.1) is 13.2 Å². The third-order valence-corrected chi connectivity index (χ3v) is 3.10. The third-order valence-electron chi connectivity index (χ3n) is 2.84. The molecule has 0 saturated carbocycles. The molecule has 0 amide bonds. The molecule has 0 radical (unpaired) electrons. The first-order valence-corrected chi connectivity index (χ1v) is 6.78. The van der Waals surface area contributed by atoms with Crippen LogP contribution in [0.5, 0.6) is 5.75 Å². The summed E-state index contributed by atoms with van der Waals surface area (Å²) in [7, 11) is 1.67. The predicted molar refractivity (Wildman–Crippen MR) is 84.5 cm³/mol. The van der Waals surface area contributed by atoms with Gasteiger partial charge in [-0.3, -0.25) is 0 Å². The number of rotatable bonds is 6. The van der Waals surface area contributed by atoms with Crippen molar-refractivity contribution in [3.05, 3.63) is 42.5 Å². The summed E-state index contributed by atoms with van der Waals surface area (Å²) in [5.74, 6) is 1.29. The first kappa shape index (κ1) is 15.5. The lowest BCUT2D eigenvalue weighted by Crippen LogP contribution is -2.39. The van der Waals surface area contributed by atoms with Crippen LogP contribution in [0.2, 0.25) is 0 Å². The van der Waals surface area contributed by atoms with E-state index in [9.17, 15) is 0 Å². The van der Waals surface area contributed by atoms with Crippen molar-refractivity contribution in [1.29, 1.82) is 0 Å². The van der Waals surface area contributed by atoms with Gasteiger partial charge in [0.25, 0.3) is 0 Å². The highest BCUT2D eigenvalue weighted by Crippen LogP contribution is 2.23. The Kier molecular flexibility index (Phi) is 6.36. The van der Waals surface area contributed by atoms with E-state index in [1.807, 2.05) is 12.1 Å². The molecule has 2 N–H and O–H groups in total. The van der Waals surface area contributed by atoms with E-state index in [4.69, 9.17) is 17.0 Å². The molecule has 3 nitrogen and oxygen atoms in total. The second-order valence-electron chi connectivity index (χ2n) is 4.64. The average molecular weight is 278 g/mol. The van der Waals surface area contributed by atoms with Crippen LogP contribution in [0, 0.1) is 5.92 Å². The molecule has 1 aromatic carbocycles. The van der Waals surface area contributed by atoms with Crippen molar-refractivity contribution in [2.24, 2.45) is 5.92 Å². The van der Waals surface area contributed by atoms with Crippen LogP contribution in [0.1, 0.15) is 25.5 Å². The second-order valence-corrected chi connectivity index (χ2v) is 5.05. The topological polar surface area (TPSA) is 33.3 Å². The highest BCUT2D eigenvalue weighted by molar-refractivity contribution is 7.80. The van der Waals surface area contributed by atoms with E-state index in [1.165, 1.54) is 5.56 Å². The van der Waals surface area contributed by atoms with E-state index >= 15 is 0 Å². The maximum atomic E-state index is 5.27. The van der Waals surface area contributed by atoms with E-state index in [2.05, 4.69) is 43.2 Å². The molecule has 0 spiro atoms. The standard InChI is InChI=1S/C15H22N2OS/c1-5-10-16-15(19)17-14(11(2)3)12-6-8-13(18-4)9-7-12/h5-9,11,14H,1,10H2,2-4H3,(H2,16,17,19)/t14-/m1/s1. The minimum atomic E-state index is 0.177. The van der Waals surface area contributed by atoms with Crippen molar-refractivity contribution in [2.45, 2.75) is 19.9 Å². The van der Waals surface area contributed by atoms with Crippen LogP contribution in [0.3, 0.4) is 0 Å². The summed E-state index contributed by atoms with van der Waals surface area (Å²) >= 11 is 5.27. The van der Waals surface area contributed by atoms with Crippen molar-refractivity contribution in [3.63, 3.8) is 0 Å². The normalized spacial score (nSPS) is 11.8. The van der Waals surface area contributed by atoms with Crippen LogP contribution in [0.25, 0.3) is 0 Å². The van der Waals surface area contributed by atoms with Gasteiger partial charge >= 0.3 is 0 Å². The maximum Gasteiger partial charge on any atom is 0.167 e. The van der Waals surface area contributed by atoms with Crippen LogP contribution in [0.15, 0.2) is 36.9 Å². The van der Waals surface area contributed by atoms with Crippen molar-refractivity contribution < 1.29 is 4.74 Å². The number of methoxy groups -OCH3 is 1. The van der Waals surface area contributed by atoms with Crippen molar-refractivity contribution in [1.82, 2.24) is 10.6 Å². The van der Waals surface area contributed by atoms with Crippen molar-refractivity contribution in [2.75, 3.05) is 13.7 Å². The fraction of sp³-hybridized carbons (Fsp3) is 0.400. The molecule has 0 aromatic heterocycles. The van der Waals surface area contributed by atoms with E-state index in [-0.39, 0.29) is 6.04 Å². The summed E-state index contributed by atoms with van der Waals surface area (Å²) in [5, 5.41) is 7.07. The Morgan fingerprint density at radius 3 is 2.47 bits per heavy atom. The third kappa shape index (κ3) is 4.91. The molecular weight excluding hydrogens is 256 g/mol. The molecule has 0 heterocycles. The van der Waals surface area contributed by atoms with E-state index in [0.717, 1.165) is 5.75 Å². The number of benzene rings is 1. The Labute approximate surface area is 121 Å². The van der Waals surface area contributed by atoms with Gasteiger partial charge in [-0.1, -0.05) is 32.1 Å². The molecule has 1 atom stereocenters. The Balaban J connectivity index is 2.75. The minimum Gasteiger partial charge on any atom is -0.497 e. The molecule has 0 saturated heterocycles. The predicted octanol–water partition coefficient (Wildman–Crippen LogP) is 3.04.